The number of hydrogen-bond acceptors (Lipinski definition) is 3. The number of hydrogen-bond donors (Lipinski definition) is 0. The quantitative estimate of drug-likeness (QED) is 0.405. The van der Waals surface area contributed by atoms with E-state index in [2.05, 4.69) is 0 Å². The van der Waals surface area contributed by atoms with Gasteiger partial charge in [0.2, 0.25) is 0 Å². The van der Waals surface area contributed by atoms with Gasteiger partial charge in [-0.3, -0.25) is 9.59 Å². The lowest BCUT2D eigenvalue weighted by Gasteiger charge is -1.82. The molecule has 0 spiro atoms. The maximum Gasteiger partial charge on any atom is 0.142 e. The molecule has 0 saturated carbocycles. The van der Waals surface area contributed by atoms with E-state index in [1.165, 1.54) is 12.2 Å². The standard InChI is InChI=1S/C18H16O2S/c19-15-9-5-1-3-7-11-17-13-14-18(21-17)12-8-4-2-6-10-16-20/h1-16H/b3-1+,4-2+,9-5+,10-6+,11-7+,12-8+. The Morgan fingerprint density at radius 1 is 0.571 bits per heavy atom. The van der Waals surface area contributed by atoms with Gasteiger partial charge in [0, 0.05) is 9.75 Å². The number of allylic oxidation sites excluding steroid dienone is 10. The molecule has 0 amide bonds. The van der Waals surface area contributed by atoms with Crippen LogP contribution in [0.2, 0.25) is 0 Å². The third-order valence-corrected chi connectivity index (χ3v) is 3.23. The van der Waals surface area contributed by atoms with Crippen LogP contribution in [-0.4, -0.2) is 12.6 Å². The van der Waals surface area contributed by atoms with Gasteiger partial charge in [-0.1, -0.05) is 48.6 Å². The Bertz CT molecular complexity index is 558. The van der Waals surface area contributed by atoms with Gasteiger partial charge < -0.3 is 0 Å². The van der Waals surface area contributed by atoms with Crippen molar-refractivity contribution in [3.63, 3.8) is 0 Å². The predicted octanol–water partition coefficient (Wildman–Crippen LogP) is 4.40. The highest BCUT2D eigenvalue weighted by molar-refractivity contribution is 7.13. The maximum absolute atomic E-state index is 10.1. The Balaban J connectivity index is 2.49. The minimum atomic E-state index is 0.745. The van der Waals surface area contributed by atoms with Crippen LogP contribution in [0.15, 0.2) is 72.9 Å². The molecule has 0 aliphatic carbocycles. The Labute approximate surface area is 128 Å². The summed E-state index contributed by atoms with van der Waals surface area (Å²) < 4.78 is 0. The molecule has 0 saturated heterocycles. The highest BCUT2D eigenvalue weighted by Gasteiger charge is 1.91. The van der Waals surface area contributed by atoms with Crippen molar-refractivity contribution in [2.45, 2.75) is 0 Å². The molecule has 2 nitrogen and oxygen atoms in total. The first kappa shape index (κ1) is 16.5. The molecular formula is C18H16O2S. The average Bonchev–Trinajstić information content (AvgIpc) is 2.94. The zero-order chi connectivity index (χ0) is 15.2. The number of carbonyl (C=O) groups excluding carboxylic acids is 2. The highest BCUT2D eigenvalue weighted by Crippen LogP contribution is 2.19. The van der Waals surface area contributed by atoms with Crippen molar-refractivity contribution in [1.82, 2.24) is 0 Å². The van der Waals surface area contributed by atoms with Crippen LogP contribution in [-0.2, 0) is 9.59 Å². The van der Waals surface area contributed by atoms with Crippen LogP contribution in [0, 0.1) is 0 Å². The number of aldehydes is 2. The Morgan fingerprint density at radius 3 is 1.38 bits per heavy atom. The van der Waals surface area contributed by atoms with Gasteiger partial charge in [-0.15, -0.1) is 11.3 Å². The van der Waals surface area contributed by atoms with Crippen LogP contribution in [0.5, 0.6) is 0 Å². The van der Waals surface area contributed by atoms with E-state index in [1.807, 2.05) is 48.6 Å². The van der Waals surface area contributed by atoms with Gasteiger partial charge >= 0.3 is 0 Å². The second-order valence-corrected chi connectivity index (χ2v) is 4.92. The van der Waals surface area contributed by atoms with E-state index < -0.39 is 0 Å². The van der Waals surface area contributed by atoms with Crippen molar-refractivity contribution in [3.05, 3.63) is 82.6 Å². The maximum atomic E-state index is 10.1. The topological polar surface area (TPSA) is 34.1 Å². The number of thiophene rings is 1. The summed E-state index contributed by atoms with van der Waals surface area (Å²) in [7, 11) is 0. The summed E-state index contributed by atoms with van der Waals surface area (Å²) >= 11 is 1.68. The fourth-order valence-corrected chi connectivity index (χ4v) is 2.16. The van der Waals surface area contributed by atoms with Gasteiger partial charge in [0.05, 0.1) is 0 Å². The van der Waals surface area contributed by atoms with Crippen LogP contribution in [0.3, 0.4) is 0 Å². The number of rotatable bonds is 8. The van der Waals surface area contributed by atoms with Crippen molar-refractivity contribution >= 4 is 36.1 Å². The van der Waals surface area contributed by atoms with Gasteiger partial charge in [-0.25, -0.2) is 0 Å². The zero-order valence-corrected chi connectivity index (χ0v) is 12.3. The molecule has 21 heavy (non-hydrogen) atoms. The molecule has 3 heteroatoms. The largest absolute Gasteiger partial charge is 0.299 e. The highest BCUT2D eigenvalue weighted by atomic mass is 32.1. The molecular weight excluding hydrogens is 280 g/mol. The van der Waals surface area contributed by atoms with E-state index in [0.29, 0.717) is 0 Å². The molecule has 0 unspecified atom stereocenters. The van der Waals surface area contributed by atoms with Crippen molar-refractivity contribution in [3.8, 4) is 0 Å². The lowest BCUT2D eigenvalue weighted by Crippen LogP contribution is -1.57. The van der Waals surface area contributed by atoms with Gasteiger partial charge in [0.15, 0.2) is 0 Å². The molecule has 1 aromatic rings. The van der Waals surface area contributed by atoms with Crippen LogP contribution in [0.25, 0.3) is 12.2 Å². The first-order chi connectivity index (χ1) is 10.4. The molecule has 0 aromatic carbocycles. The first-order valence-electron chi connectivity index (χ1n) is 6.37. The lowest BCUT2D eigenvalue weighted by atomic mass is 10.3. The monoisotopic (exact) mass is 296 g/mol. The smallest absolute Gasteiger partial charge is 0.142 e. The van der Waals surface area contributed by atoms with E-state index in [4.69, 9.17) is 0 Å². The van der Waals surface area contributed by atoms with E-state index in [0.717, 1.165) is 22.3 Å². The SMILES string of the molecule is O=C/C=C/C=C/C=C/c1ccc(/C=C/C=C/C=C/C=O)s1. The molecule has 106 valence electrons. The van der Waals surface area contributed by atoms with Crippen molar-refractivity contribution in [1.29, 1.82) is 0 Å². The molecule has 0 aliphatic heterocycles. The van der Waals surface area contributed by atoms with Gasteiger partial charge in [0.25, 0.3) is 0 Å². The fraction of sp³-hybridized carbons (Fsp3) is 0. The molecule has 1 rings (SSSR count). The molecule has 1 aromatic heterocycles. The fourth-order valence-electron chi connectivity index (χ4n) is 1.32. The van der Waals surface area contributed by atoms with E-state index in [9.17, 15) is 9.59 Å². The van der Waals surface area contributed by atoms with Crippen LogP contribution < -0.4 is 0 Å². The summed E-state index contributed by atoms with van der Waals surface area (Å²) in [5, 5.41) is 0. The molecule has 1 heterocycles. The molecule has 0 atom stereocenters. The van der Waals surface area contributed by atoms with Gasteiger partial charge in [-0.05, 0) is 36.4 Å². The summed E-state index contributed by atoms with van der Waals surface area (Å²) in [4.78, 5) is 22.4. The van der Waals surface area contributed by atoms with E-state index in [-0.39, 0.29) is 0 Å². The molecule has 0 radical (unpaired) electrons. The Morgan fingerprint density at radius 2 is 0.952 bits per heavy atom. The number of carbonyl (C=O) groups is 2. The first-order valence-corrected chi connectivity index (χ1v) is 7.18. The zero-order valence-electron chi connectivity index (χ0n) is 11.5. The van der Waals surface area contributed by atoms with Gasteiger partial charge in [-0.2, -0.15) is 0 Å². The third-order valence-electron chi connectivity index (χ3n) is 2.21. The van der Waals surface area contributed by atoms with E-state index >= 15 is 0 Å². The molecule has 0 aliphatic rings. The van der Waals surface area contributed by atoms with Gasteiger partial charge in [0.1, 0.15) is 12.6 Å². The van der Waals surface area contributed by atoms with E-state index in [1.54, 1.807) is 35.6 Å². The Kier molecular flexibility index (Phi) is 8.91. The summed E-state index contributed by atoms with van der Waals surface area (Å²) in [6.45, 7) is 0. The minimum absolute atomic E-state index is 0.745. The normalized spacial score (nSPS) is 13.0. The summed E-state index contributed by atoms with van der Waals surface area (Å²) in [6, 6.07) is 4.10. The lowest BCUT2D eigenvalue weighted by molar-refractivity contribution is -0.104. The third kappa shape index (κ3) is 8.29. The second-order valence-electron chi connectivity index (χ2n) is 3.77. The van der Waals surface area contributed by atoms with Crippen LogP contribution in [0.4, 0.5) is 0 Å². The molecule has 0 fully saturated rings. The summed E-state index contributed by atoms with van der Waals surface area (Å²) in [5.74, 6) is 0. The second kappa shape index (κ2) is 11.3. The Hall–Kier alpha value is -2.52. The average molecular weight is 296 g/mol. The van der Waals surface area contributed by atoms with Crippen LogP contribution in [0.1, 0.15) is 9.75 Å². The molecule has 0 N–H and O–H groups in total. The molecule has 0 bridgehead atoms. The minimum Gasteiger partial charge on any atom is -0.299 e. The van der Waals surface area contributed by atoms with Crippen molar-refractivity contribution in [2.24, 2.45) is 0 Å². The van der Waals surface area contributed by atoms with Crippen LogP contribution >= 0.6 is 11.3 Å². The van der Waals surface area contributed by atoms with Crippen molar-refractivity contribution in [2.75, 3.05) is 0 Å². The summed E-state index contributed by atoms with van der Waals surface area (Å²) in [6.07, 6.45) is 23.0. The summed E-state index contributed by atoms with van der Waals surface area (Å²) in [5.41, 5.74) is 0. The predicted molar refractivity (Wildman–Crippen MR) is 91.1 cm³/mol. The van der Waals surface area contributed by atoms with Crippen molar-refractivity contribution < 1.29 is 9.59 Å².